The van der Waals surface area contributed by atoms with Crippen LogP contribution in [-0.2, 0) is 15.8 Å². The molecule has 1 atom stereocenters. The molecule has 9 heteroatoms. The van der Waals surface area contributed by atoms with Gasteiger partial charge in [-0.1, -0.05) is 24.3 Å². The molecule has 2 aromatic rings. The van der Waals surface area contributed by atoms with E-state index in [1.807, 2.05) is 0 Å². The lowest BCUT2D eigenvalue weighted by Gasteiger charge is -2.30. The van der Waals surface area contributed by atoms with Gasteiger partial charge < -0.3 is 19.7 Å². The molecule has 1 aliphatic heterocycles. The smallest absolute Gasteiger partial charge is 0.418 e. The Hall–Kier alpha value is -3.23. The second-order valence-electron chi connectivity index (χ2n) is 6.31. The van der Waals surface area contributed by atoms with Gasteiger partial charge in [-0.15, -0.1) is 0 Å². The lowest BCUT2D eigenvalue weighted by molar-refractivity contribution is -0.143. The molecule has 6 nitrogen and oxygen atoms in total. The Balaban J connectivity index is 1.66. The van der Waals surface area contributed by atoms with Crippen LogP contribution in [0.2, 0.25) is 0 Å². The van der Waals surface area contributed by atoms with Gasteiger partial charge in [-0.3, -0.25) is 9.59 Å². The third kappa shape index (κ3) is 4.79. The van der Waals surface area contributed by atoms with Gasteiger partial charge >= 0.3 is 6.18 Å². The standard InChI is InChI=1S/C20H19F3N2O4/c1-2-25(19(27)17-12-28-15-9-5-6-10-16(15)29-17)11-18(26)24-14-8-4-3-7-13(14)20(21,22)23/h3-10,17H,2,11-12H2,1H3,(H,24,26). The largest absolute Gasteiger partial charge is 0.485 e. The predicted molar refractivity (Wildman–Crippen MR) is 98.7 cm³/mol. The molecule has 0 radical (unpaired) electrons. The molecule has 1 heterocycles. The van der Waals surface area contributed by atoms with Crippen molar-refractivity contribution in [3.8, 4) is 11.5 Å². The number of hydrogen-bond donors (Lipinski definition) is 1. The number of carbonyl (C=O) groups is 2. The number of fused-ring (bicyclic) bond motifs is 1. The Labute approximate surface area is 165 Å². The van der Waals surface area contributed by atoms with Crippen LogP contribution in [-0.4, -0.2) is 42.5 Å². The molecule has 0 bridgehead atoms. The van der Waals surface area contributed by atoms with Crippen molar-refractivity contribution in [2.45, 2.75) is 19.2 Å². The molecule has 1 N–H and O–H groups in total. The maximum absolute atomic E-state index is 13.1. The minimum absolute atomic E-state index is 0.0229. The lowest BCUT2D eigenvalue weighted by Crippen LogP contribution is -2.48. The third-order valence-electron chi connectivity index (χ3n) is 4.32. The summed E-state index contributed by atoms with van der Waals surface area (Å²) in [6, 6.07) is 11.5. The van der Waals surface area contributed by atoms with Crippen LogP contribution < -0.4 is 14.8 Å². The fourth-order valence-electron chi connectivity index (χ4n) is 2.89. The van der Waals surface area contributed by atoms with E-state index in [0.29, 0.717) is 11.5 Å². The van der Waals surface area contributed by atoms with E-state index < -0.39 is 36.2 Å². The number of nitrogens with zero attached hydrogens (tertiary/aromatic N) is 1. The molecule has 2 amide bonds. The van der Waals surface area contributed by atoms with Crippen LogP contribution in [0.4, 0.5) is 18.9 Å². The molecule has 0 aromatic heterocycles. The summed E-state index contributed by atoms with van der Waals surface area (Å²) in [7, 11) is 0. The van der Waals surface area contributed by atoms with E-state index in [1.54, 1.807) is 31.2 Å². The first-order valence-corrected chi connectivity index (χ1v) is 8.93. The van der Waals surface area contributed by atoms with E-state index >= 15 is 0 Å². The first kappa shape index (κ1) is 20.5. The number of para-hydroxylation sites is 3. The van der Waals surface area contributed by atoms with Gasteiger partial charge in [-0.2, -0.15) is 13.2 Å². The molecule has 0 aliphatic carbocycles. The van der Waals surface area contributed by atoms with Crippen LogP contribution in [0.15, 0.2) is 48.5 Å². The number of hydrogen-bond acceptors (Lipinski definition) is 4. The van der Waals surface area contributed by atoms with Crippen molar-refractivity contribution in [3.63, 3.8) is 0 Å². The Bertz CT molecular complexity index is 901. The van der Waals surface area contributed by atoms with Crippen LogP contribution in [0, 0.1) is 0 Å². The number of benzene rings is 2. The molecule has 0 saturated carbocycles. The fourth-order valence-corrected chi connectivity index (χ4v) is 2.89. The SMILES string of the molecule is CCN(CC(=O)Nc1ccccc1C(F)(F)F)C(=O)C1COc2ccccc2O1. The Morgan fingerprint density at radius 1 is 1.10 bits per heavy atom. The van der Waals surface area contributed by atoms with Crippen molar-refractivity contribution in [1.29, 1.82) is 0 Å². The molecule has 0 spiro atoms. The van der Waals surface area contributed by atoms with E-state index in [-0.39, 0.29) is 18.8 Å². The Morgan fingerprint density at radius 3 is 2.45 bits per heavy atom. The van der Waals surface area contributed by atoms with Crippen molar-refractivity contribution in [2.24, 2.45) is 0 Å². The van der Waals surface area contributed by atoms with Gasteiger partial charge in [0.2, 0.25) is 12.0 Å². The van der Waals surface area contributed by atoms with Crippen molar-refractivity contribution >= 4 is 17.5 Å². The first-order valence-electron chi connectivity index (χ1n) is 8.93. The maximum Gasteiger partial charge on any atom is 0.418 e. The maximum atomic E-state index is 13.1. The minimum atomic E-state index is -4.61. The number of alkyl halides is 3. The van der Waals surface area contributed by atoms with Crippen LogP contribution >= 0.6 is 0 Å². The van der Waals surface area contributed by atoms with E-state index in [4.69, 9.17) is 9.47 Å². The van der Waals surface area contributed by atoms with Gasteiger partial charge in [-0.05, 0) is 31.2 Å². The molecule has 154 valence electrons. The molecular weight excluding hydrogens is 389 g/mol. The number of ether oxygens (including phenoxy) is 2. The van der Waals surface area contributed by atoms with E-state index in [9.17, 15) is 22.8 Å². The van der Waals surface area contributed by atoms with Gasteiger partial charge in [0.25, 0.3) is 5.91 Å². The highest BCUT2D eigenvalue weighted by Gasteiger charge is 2.34. The van der Waals surface area contributed by atoms with Crippen molar-refractivity contribution < 1.29 is 32.2 Å². The van der Waals surface area contributed by atoms with Crippen molar-refractivity contribution in [2.75, 3.05) is 25.0 Å². The normalized spacial score (nSPS) is 15.5. The van der Waals surface area contributed by atoms with Crippen molar-refractivity contribution in [3.05, 3.63) is 54.1 Å². The van der Waals surface area contributed by atoms with Gasteiger partial charge in [0.15, 0.2) is 11.5 Å². The second kappa shape index (κ2) is 8.42. The first-order chi connectivity index (χ1) is 13.8. The zero-order valence-electron chi connectivity index (χ0n) is 15.5. The number of rotatable bonds is 5. The molecule has 29 heavy (non-hydrogen) atoms. The van der Waals surface area contributed by atoms with Gasteiger partial charge in [0.1, 0.15) is 6.61 Å². The summed E-state index contributed by atoms with van der Waals surface area (Å²) >= 11 is 0. The molecular formula is C20H19F3N2O4. The van der Waals surface area contributed by atoms with Gasteiger partial charge in [0, 0.05) is 6.54 Å². The highest BCUT2D eigenvalue weighted by atomic mass is 19.4. The molecule has 1 aliphatic rings. The molecule has 3 rings (SSSR count). The number of anilines is 1. The van der Waals surface area contributed by atoms with Crippen LogP contribution in [0.5, 0.6) is 11.5 Å². The summed E-state index contributed by atoms with van der Waals surface area (Å²) in [4.78, 5) is 26.2. The summed E-state index contributed by atoms with van der Waals surface area (Å²) in [5, 5.41) is 2.23. The lowest BCUT2D eigenvalue weighted by atomic mass is 10.1. The second-order valence-corrected chi connectivity index (χ2v) is 6.31. The average molecular weight is 408 g/mol. The summed E-state index contributed by atoms with van der Waals surface area (Å²) in [5.74, 6) is -0.298. The van der Waals surface area contributed by atoms with E-state index in [1.165, 1.54) is 17.0 Å². The van der Waals surface area contributed by atoms with E-state index in [2.05, 4.69) is 5.32 Å². The number of likely N-dealkylation sites (N-methyl/N-ethyl adjacent to an activating group) is 1. The van der Waals surface area contributed by atoms with Crippen LogP contribution in [0.1, 0.15) is 12.5 Å². The number of nitrogens with one attached hydrogen (secondary N) is 1. The summed E-state index contributed by atoms with van der Waals surface area (Å²) in [5.41, 5.74) is -1.32. The van der Waals surface area contributed by atoms with Gasteiger partial charge in [-0.25, -0.2) is 0 Å². The Morgan fingerprint density at radius 2 is 1.76 bits per heavy atom. The summed E-state index contributed by atoms with van der Waals surface area (Å²) in [6.07, 6.45) is -5.55. The predicted octanol–water partition coefficient (Wildman–Crippen LogP) is 3.33. The third-order valence-corrected chi connectivity index (χ3v) is 4.32. The zero-order valence-corrected chi connectivity index (χ0v) is 15.5. The number of carbonyl (C=O) groups excluding carboxylic acids is 2. The van der Waals surface area contributed by atoms with Gasteiger partial charge in [0.05, 0.1) is 17.8 Å². The molecule has 0 saturated heterocycles. The summed E-state index contributed by atoms with van der Waals surface area (Å²) in [6.45, 7) is 1.40. The topological polar surface area (TPSA) is 67.9 Å². The summed E-state index contributed by atoms with van der Waals surface area (Å²) < 4.78 is 50.4. The van der Waals surface area contributed by atoms with Crippen LogP contribution in [0.25, 0.3) is 0 Å². The van der Waals surface area contributed by atoms with Crippen molar-refractivity contribution in [1.82, 2.24) is 4.90 Å². The zero-order chi connectivity index (χ0) is 21.0. The highest BCUT2D eigenvalue weighted by molar-refractivity contribution is 5.95. The quantitative estimate of drug-likeness (QED) is 0.824. The highest BCUT2D eigenvalue weighted by Crippen LogP contribution is 2.34. The average Bonchev–Trinajstić information content (AvgIpc) is 2.70. The number of amides is 2. The van der Waals surface area contributed by atoms with E-state index in [0.717, 1.165) is 12.1 Å². The minimum Gasteiger partial charge on any atom is -0.485 e. The molecule has 2 aromatic carbocycles. The Kier molecular flexibility index (Phi) is 5.95. The van der Waals surface area contributed by atoms with Crippen LogP contribution in [0.3, 0.4) is 0 Å². The fraction of sp³-hybridized carbons (Fsp3) is 0.300. The molecule has 1 unspecified atom stereocenters. The monoisotopic (exact) mass is 408 g/mol. The number of halogens is 3. The molecule has 0 fully saturated rings.